The molecule has 1 aromatic carbocycles. The standard InChI is InChI=1S/C14H20IN/c1-14(2)9-7-13(8-10-14)16-12-5-3-11(15)4-6-12/h3-6,13,16H,7-10H2,1-2H3. The molecule has 1 N–H and O–H groups in total. The molecular weight excluding hydrogens is 309 g/mol. The number of halogens is 1. The average molecular weight is 329 g/mol. The first-order valence-corrected chi connectivity index (χ1v) is 7.15. The summed E-state index contributed by atoms with van der Waals surface area (Å²) in [6.45, 7) is 4.77. The van der Waals surface area contributed by atoms with Crippen LogP contribution in [-0.4, -0.2) is 6.04 Å². The van der Waals surface area contributed by atoms with Gasteiger partial charge in [0.05, 0.1) is 0 Å². The van der Waals surface area contributed by atoms with Crippen molar-refractivity contribution < 1.29 is 0 Å². The summed E-state index contributed by atoms with van der Waals surface area (Å²) in [7, 11) is 0. The maximum atomic E-state index is 3.64. The van der Waals surface area contributed by atoms with Crippen LogP contribution in [0.3, 0.4) is 0 Å². The van der Waals surface area contributed by atoms with E-state index in [0.29, 0.717) is 11.5 Å². The van der Waals surface area contributed by atoms with Crippen LogP contribution in [0.1, 0.15) is 39.5 Å². The van der Waals surface area contributed by atoms with Crippen LogP contribution in [0.2, 0.25) is 0 Å². The van der Waals surface area contributed by atoms with Crippen LogP contribution in [-0.2, 0) is 0 Å². The highest BCUT2D eigenvalue weighted by atomic mass is 127. The highest BCUT2D eigenvalue weighted by molar-refractivity contribution is 14.1. The molecular formula is C14H20IN. The number of anilines is 1. The Labute approximate surface area is 112 Å². The Balaban J connectivity index is 1.89. The number of nitrogens with one attached hydrogen (secondary N) is 1. The molecule has 0 bridgehead atoms. The van der Waals surface area contributed by atoms with Gasteiger partial charge < -0.3 is 5.32 Å². The predicted molar refractivity (Wildman–Crippen MR) is 78.8 cm³/mol. The Kier molecular flexibility index (Phi) is 3.77. The van der Waals surface area contributed by atoms with Gasteiger partial charge in [0.15, 0.2) is 0 Å². The lowest BCUT2D eigenvalue weighted by Crippen LogP contribution is -2.29. The molecule has 2 rings (SSSR count). The molecule has 0 aromatic heterocycles. The Morgan fingerprint density at radius 2 is 1.69 bits per heavy atom. The van der Waals surface area contributed by atoms with Crippen LogP contribution >= 0.6 is 22.6 Å². The van der Waals surface area contributed by atoms with E-state index in [1.54, 1.807) is 0 Å². The van der Waals surface area contributed by atoms with Crippen molar-refractivity contribution in [3.63, 3.8) is 0 Å². The van der Waals surface area contributed by atoms with Gasteiger partial charge in [0, 0.05) is 15.3 Å². The van der Waals surface area contributed by atoms with Gasteiger partial charge in [-0.25, -0.2) is 0 Å². The molecule has 0 atom stereocenters. The first-order valence-electron chi connectivity index (χ1n) is 6.07. The van der Waals surface area contributed by atoms with Crippen LogP contribution in [0.4, 0.5) is 5.69 Å². The highest BCUT2D eigenvalue weighted by Gasteiger charge is 2.26. The quantitative estimate of drug-likeness (QED) is 0.778. The van der Waals surface area contributed by atoms with E-state index >= 15 is 0 Å². The van der Waals surface area contributed by atoms with Crippen molar-refractivity contribution in [1.82, 2.24) is 0 Å². The Bertz CT molecular complexity index is 332. The molecule has 16 heavy (non-hydrogen) atoms. The van der Waals surface area contributed by atoms with Gasteiger partial charge >= 0.3 is 0 Å². The van der Waals surface area contributed by atoms with Crippen molar-refractivity contribution in [3.8, 4) is 0 Å². The van der Waals surface area contributed by atoms with Gasteiger partial charge in [-0.05, 0) is 78.0 Å². The third kappa shape index (κ3) is 3.37. The summed E-state index contributed by atoms with van der Waals surface area (Å²) < 4.78 is 1.30. The van der Waals surface area contributed by atoms with Gasteiger partial charge in [0.1, 0.15) is 0 Å². The van der Waals surface area contributed by atoms with Crippen molar-refractivity contribution >= 4 is 28.3 Å². The van der Waals surface area contributed by atoms with Crippen LogP contribution < -0.4 is 5.32 Å². The third-order valence-corrected chi connectivity index (χ3v) is 4.27. The van der Waals surface area contributed by atoms with E-state index in [1.807, 2.05) is 0 Å². The van der Waals surface area contributed by atoms with Crippen molar-refractivity contribution in [1.29, 1.82) is 0 Å². The molecule has 0 unspecified atom stereocenters. The zero-order chi connectivity index (χ0) is 11.6. The highest BCUT2D eigenvalue weighted by Crippen LogP contribution is 2.36. The van der Waals surface area contributed by atoms with E-state index in [0.717, 1.165) is 0 Å². The second kappa shape index (κ2) is 4.94. The molecule has 0 saturated heterocycles. The van der Waals surface area contributed by atoms with Crippen molar-refractivity contribution in [2.45, 2.75) is 45.6 Å². The normalized spacial score (nSPS) is 20.7. The van der Waals surface area contributed by atoms with Crippen molar-refractivity contribution in [2.24, 2.45) is 5.41 Å². The molecule has 2 heteroatoms. The smallest absolute Gasteiger partial charge is 0.0343 e. The largest absolute Gasteiger partial charge is 0.382 e. The molecule has 0 spiro atoms. The van der Waals surface area contributed by atoms with Crippen LogP contribution in [0.25, 0.3) is 0 Å². The van der Waals surface area contributed by atoms with E-state index < -0.39 is 0 Å². The molecule has 1 saturated carbocycles. The first-order chi connectivity index (χ1) is 7.55. The Morgan fingerprint density at radius 1 is 1.12 bits per heavy atom. The number of hydrogen-bond donors (Lipinski definition) is 1. The lowest BCUT2D eigenvalue weighted by Gasteiger charge is -2.35. The summed E-state index contributed by atoms with van der Waals surface area (Å²) in [4.78, 5) is 0. The summed E-state index contributed by atoms with van der Waals surface area (Å²) >= 11 is 2.34. The van der Waals surface area contributed by atoms with E-state index in [9.17, 15) is 0 Å². The molecule has 0 amide bonds. The summed E-state index contributed by atoms with van der Waals surface area (Å²) in [5.74, 6) is 0. The molecule has 0 radical (unpaired) electrons. The van der Waals surface area contributed by atoms with Gasteiger partial charge in [-0.2, -0.15) is 0 Å². The molecule has 0 heterocycles. The zero-order valence-electron chi connectivity index (χ0n) is 10.1. The summed E-state index contributed by atoms with van der Waals surface area (Å²) in [5.41, 5.74) is 1.83. The molecule has 1 aliphatic rings. The molecule has 1 aliphatic carbocycles. The molecule has 88 valence electrons. The Hall–Kier alpha value is -0.250. The summed E-state index contributed by atoms with van der Waals surface area (Å²) in [5, 5.41) is 3.64. The lowest BCUT2D eigenvalue weighted by molar-refractivity contribution is 0.232. The SMILES string of the molecule is CC1(C)CCC(Nc2ccc(I)cc2)CC1. The maximum Gasteiger partial charge on any atom is 0.0343 e. The zero-order valence-corrected chi connectivity index (χ0v) is 12.3. The first kappa shape index (κ1) is 12.2. The fraction of sp³-hybridized carbons (Fsp3) is 0.571. The second-order valence-electron chi connectivity index (χ2n) is 5.59. The fourth-order valence-electron chi connectivity index (χ4n) is 2.33. The Morgan fingerprint density at radius 3 is 2.25 bits per heavy atom. The average Bonchev–Trinajstić information content (AvgIpc) is 2.24. The van der Waals surface area contributed by atoms with Crippen LogP contribution in [0.15, 0.2) is 24.3 Å². The van der Waals surface area contributed by atoms with Crippen molar-refractivity contribution in [3.05, 3.63) is 27.8 Å². The van der Waals surface area contributed by atoms with E-state index in [2.05, 4.69) is 66.0 Å². The van der Waals surface area contributed by atoms with Gasteiger partial charge in [0.25, 0.3) is 0 Å². The summed E-state index contributed by atoms with van der Waals surface area (Å²) in [6, 6.07) is 9.36. The number of rotatable bonds is 2. The second-order valence-corrected chi connectivity index (χ2v) is 6.84. The van der Waals surface area contributed by atoms with Gasteiger partial charge in [-0.15, -0.1) is 0 Å². The van der Waals surface area contributed by atoms with Crippen molar-refractivity contribution in [2.75, 3.05) is 5.32 Å². The monoisotopic (exact) mass is 329 g/mol. The van der Waals surface area contributed by atoms with Gasteiger partial charge in [0.2, 0.25) is 0 Å². The summed E-state index contributed by atoms with van der Waals surface area (Å²) in [6.07, 6.45) is 5.29. The number of hydrogen-bond acceptors (Lipinski definition) is 1. The minimum atomic E-state index is 0.560. The van der Waals surface area contributed by atoms with Gasteiger partial charge in [-0.3, -0.25) is 0 Å². The minimum Gasteiger partial charge on any atom is -0.382 e. The minimum absolute atomic E-state index is 0.560. The molecule has 1 aromatic rings. The number of benzene rings is 1. The predicted octanol–water partition coefficient (Wildman–Crippen LogP) is 4.67. The molecule has 0 aliphatic heterocycles. The molecule has 1 nitrogen and oxygen atoms in total. The van der Waals surface area contributed by atoms with E-state index in [4.69, 9.17) is 0 Å². The lowest BCUT2D eigenvalue weighted by atomic mass is 9.75. The third-order valence-electron chi connectivity index (χ3n) is 3.55. The van der Waals surface area contributed by atoms with Crippen LogP contribution in [0, 0.1) is 8.99 Å². The van der Waals surface area contributed by atoms with Crippen LogP contribution in [0.5, 0.6) is 0 Å². The van der Waals surface area contributed by atoms with E-state index in [-0.39, 0.29) is 0 Å². The fourth-order valence-corrected chi connectivity index (χ4v) is 2.69. The topological polar surface area (TPSA) is 12.0 Å². The van der Waals surface area contributed by atoms with Gasteiger partial charge in [-0.1, -0.05) is 13.8 Å². The maximum absolute atomic E-state index is 3.64. The molecule has 1 fully saturated rings. The van der Waals surface area contributed by atoms with E-state index in [1.165, 1.54) is 34.9 Å².